The second-order valence-electron chi connectivity index (χ2n) is 6.02. The maximum absolute atomic E-state index is 11.9. The standard InChI is InChI=1S/C19H18N2OS2/c1-13-10-11-14-6-2-4-8-16(14)21(13)18(12-22)24-19-20-15-7-3-5-9-17(15)23-19/h2-9,12-13,18H,10-11H2,1H3. The molecule has 0 radical (unpaired) electrons. The zero-order valence-corrected chi connectivity index (χ0v) is 15.0. The van der Waals surface area contributed by atoms with E-state index in [4.69, 9.17) is 0 Å². The van der Waals surface area contributed by atoms with Gasteiger partial charge in [-0.05, 0) is 43.5 Å². The van der Waals surface area contributed by atoms with Crippen LogP contribution in [-0.2, 0) is 11.2 Å². The van der Waals surface area contributed by atoms with Crippen LogP contribution in [0.2, 0.25) is 0 Å². The van der Waals surface area contributed by atoms with E-state index in [-0.39, 0.29) is 5.37 Å². The predicted molar refractivity (Wildman–Crippen MR) is 102 cm³/mol. The molecule has 0 bridgehead atoms. The van der Waals surface area contributed by atoms with Gasteiger partial charge in [-0.25, -0.2) is 4.98 Å². The first kappa shape index (κ1) is 15.7. The van der Waals surface area contributed by atoms with Crippen molar-refractivity contribution in [1.82, 2.24) is 4.98 Å². The van der Waals surface area contributed by atoms with Gasteiger partial charge >= 0.3 is 0 Å². The van der Waals surface area contributed by atoms with Crippen LogP contribution in [0.3, 0.4) is 0 Å². The minimum absolute atomic E-state index is 0.248. The van der Waals surface area contributed by atoms with Crippen molar-refractivity contribution in [2.24, 2.45) is 0 Å². The molecule has 2 heterocycles. The molecule has 0 spiro atoms. The summed E-state index contributed by atoms with van der Waals surface area (Å²) in [5.41, 5.74) is 3.51. The van der Waals surface area contributed by atoms with Crippen LogP contribution in [0.1, 0.15) is 18.9 Å². The summed E-state index contributed by atoms with van der Waals surface area (Å²) in [4.78, 5) is 18.8. The normalized spacial score (nSPS) is 18.4. The van der Waals surface area contributed by atoms with Crippen molar-refractivity contribution >= 4 is 45.3 Å². The Kier molecular flexibility index (Phi) is 4.29. The highest BCUT2D eigenvalue weighted by Crippen LogP contribution is 2.38. The van der Waals surface area contributed by atoms with Crippen LogP contribution in [0.5, 0.6) is 0 Å². The zero-order chi connectivity index (χ0) is 16.5. The third-order valence-electron chi connectivity index (χ3n) is 4.46. The van der Waals surface area contributed by atoms with E-state index in [0.29, 0.717) is 6.04 Å². The van der Waals surface area contributed by atoms with Crippen LogP contribution >= 0.6 is 23.1 Å². The Morgan fingerprint density at radius 1 is 1.25 bits per heavy atom. The molecule has 1 aromatic heterocycles. The summed E-state index contributed by atoms with van der Waals surface area (Å²) in [5, 5.41) is -0.248. The highest BCUT2D eigenvalue weighted by atomic mass is 32.2. The second kappa shape index (κ2) is 6.57. The number of thiazole rings is 1. The highest BCUT2D eigenvalue weighted by Gasteiger charge is 2.30. The zero-order valence-electron chi connectivity index (χ0n) is 13.4. The number of aryl methyl sites for hydroxylation is 1. The van der Waals surface area contributed by atoms with E-state index in [2.05, 4.69) is 41.1 Å². The van der Waals surface area contributed by atoms with Crippen LogP contribution < -0.4 is 4.90 Å². The fourth-order valence-corrected chi connectivity index (χ4v) is 5.56. The fourth-order valence-electron chi connectivity index (χ4n) is 3.26. The van der Waals surface area contributed by atoms with Gasteiger partial charge in [-0.3, -0.25) is 0 Å². The minimum atomic E-state index is -0.248. The average Bonchev–Trinajstić information content (AvgIpc) is 3.02. The van der Waals surface area contributed by atoms with E-state index in [9.17, 15) is 4.79 Å². The number of hydrogen-bond donors (Lipinski definition) is 0. The number of nitrogens with zero attached hydrogens (tertiary/aromatic N) is 2. The smallest absolute Gasteiger partial charge is 0.153 e. The van der Waals surface area contributed by atoms with Crippen molar-refractivity contribution in [2.45, 2.75) is 35.5 Å². The summed E-state index contributed by atoms with van der Waals surface area (Å²) in [6, 6.07) is 16.9. The topological polar surface area (TPSA) is 33.2 Å². The summed E-state index contributed by atoms with van der Waals surface area (Å²) >= 11 is 3.21. The summed E-state index contributed by atoms with van der Waals surface area (Å²) in [7, 11) is 0. The van der Waals surface area contributed by atoms with Gasteiger partial charge in [0.05, 0.1) is 10.2 Å². The first-order valence-corrected chi connectivity index (χ1v) is 9.79. The summed E-state index contributed by atoms with van der Waals surface area (Å²) in [6.45, 7) is 2.20. The molecule has 0 aliphatic carbocycles. The molecule has 0 fully saturated rings. The number of carbonyl (C=O) groups excluding carboxylic acids is 1. The summed E-state index contributed by atoms with van der Waals surface area (Å²) < 4.78 is 2.11. The Balaban J connectivity index is 1.67. The van der Waals surface area contributed by atoms with Crippen molar-refractivity contribution in [1.29, 1.82) is 0 Å². The molecule has 0 N–H and O–H groups in total. The lowest BCUT2D eigenvalue weighted by molar-refractivity contribution is -0.107. The lowest BCUT2D eigenvalue weighted by Crippen LogP contribution is -2.44. The molecule has 1 aliphatic heterocycles. The van der Waals surface area contributed by atoms with Gasteiger partial charge in [0.25, 0.3) is 0 Å². The molecule has 0 saturated carbocycles. The molecule has 1 aliphatic rings. The van der Waals surface area contributed by atoms with E-state index in [1.54, 1.807) is 23.1 Å². The molecule has 122 valence electrons. The third-order valence-corrected chi connectivity index (χ3v) is 6.70. The molecule has 2 unspecified atom stereocenters. The largest absolute Gasteiger partial charge is 0.350 e. The number of benzene rings is 2. The lowest BCUT2D eigenvalue weighted by Gasteiger charge is -2.39. The van der Waals surface area contributed by atoms with E-state index < -0.39 is 0 Å². The van der Waals surface area contributed by atoms with Gasteiger partial charge in [-0.1, -0.05) is 42.1 Å². The molecular weight excluding hydrogens is 336 g/mol. The number of fused-ring (bicyclic) bond motifs is 2. The quantitative estimate of drug-likeness (QED) is 0.500. The van der Waals surface area contributed by atoms with Gasteiger partial charge in [0.2, 0.25) is 0 Å². The molecule has 3 nitrogen and oxygen atoms in total. The number of rotatable bonds is 4. The number of aldehydes is 1. The Bertz CT molecular complexity index is 843. The molecule has 24 heavy (non-hydrogen) atoms. The first-order chi connectivity index (χ1) is 11.8. The van der Waals surface area contributed by atoms with Gasteiger partial charge in [0.1, 0.15) is 5.37 Å². The van der Waals surface area contributed by atoms with Crippen molar-refractivity contribution in [3.63, 3.8) is 0 Å². The van der Waals surface area contributed by atoms with Crippen molar-refractivity contribution < 1.29 is 4.79 Å². The van der Waals surface area contributed by atoms with Gasteiger partial charge in [0, 0.05) is 11.7 Å². The Labute approximate surface area is 149 Å². The first-order valence-electron chi connectivity index (χ1n) is 8.10. The highest BCUT2D eigenvalue weighted by molar-refractivity contribution is 8.02. The lowest BCUT2D eigenvalue weighted by atomic mass is 9.97. The second-order valence-corrected chi connectivity index (χ2v) is 8.41. The number of para-hydroxylation sites is 2. The minimum Gasteiger partial charge on any atom is -0.350 e. The monoisotopic (exact) mass is 354 g/mol. The molecule has 0 amide bonds. The summed E-state index contributed by atoms with van der Waals surface area (Å²) in [5.74, 6) is 0. The van der Waals surface area contributed by atoms with Crippen LogP contribution in [-0.4, -0.2) is 22.7 Å². The molecule has 3 aromatic rings. The molecule has 4 rings (SSSR count). The van der Waals surface area contributed by atoms with E-state index >= 15 is 0 Å². The Hall–Kier alpha value is -1.85. The number of carbonyl (C=O) groups is 1. The molecule has 5 heteroatoms. The van der Waals surface area contributed by atoms with E-state index in [0.717, 1.165) is 33.7 Å². The maximum atomic E-state index is 11.9. The van der Waals surface area contributed by atoms with E-state index in [1.807, 2.05) is 24.3 Å². The molecule has 2 atom stereocenters. The van der Waals surface area contributed by atoms with Crippen LogP contribution in [0.4, 0.5) is 5.69 Å². The molecular formula is C19H18N2OS2. The number of anilines is 1. The van der Waals surface area contributed by atoms with Gasteiger partial charge in [-0.2, -0.15) is 0 Å². The SMILES string of the molecule is CC1CCc2ccccc2N1C(C=O)Sc1nc2ccccc2s1. The van der Waals surface area contributed by atoms with Gasteiger partial charge < -0.3 is 9.69 Å². The number of hydrogen-bond acceptors (Lipinski definition) is 5. The Morgan fingerprint density at radius 2 is 2.04 bits per heavy atom. The van der Waals surface area contributed by atoms with Crippen LogP contribution in [0, 0.1) is 0 Å². The number of aromatic nitrogens is 1. The molecule has 0 saturated heterocycles. The maximum Gasteiger partial charge on any atom is 0.153 e. The Morgan fingerprint density at radius 3 is 2.88 bits per heavy atom. The van der Waals surface area contributed by atoms with Crippen molar-refractivity contribution in [2.75, 3.05) is 4.90 Å². The van der Waals surface area contributed by atoms with Crippen molar-refractivity contribution in [3.05, 3.63) is 54.1 Å². The fraction of sp³-hybridized carbons (Fsp3) is 0.263. The van der Waals surface area contributed by atoms with Crippen LogP contribution in [0.15, 0.2) is 52.9 Å². The van der Waals surface area contributed by atoms with Crippen LogP contribution in [0.25, 0.3) is 10.2 Å². The number of thioether (sulfide) groups is 1. The summed E-state index contributed by atoms with van der Waals surface area (Å²) in [6.07, 6.45) is 3.20. The average molecular weight is 355 g/mol. The van der Waals surface area contributed by atoms with Gasteiger partial charge in [0.15, 0.2) is 10.6 Å². The van der Waals surface area contributed by atoms with Gasteiger partial charge in [-0.15, -0.1) is 11.3 Å². The van der Waals surface area contributed by atoms with E-state index in [1.165, 1.54) is 11.3 Å². The predicted octanol–water partition coefficient (Wildman–Crippen LogP) is 4.75. The third kappa shape index (κ3) is 2.82. The van der Waals surface area contributed by atoms with Crippen molar-refractivity contribution in [3.8, 4) is 0 Å². The molecule has 2 aromatic carbocycles.